The zero-order valence-electron chi connectivity index (χ0n) is 11.7. The molecule has 126 valence electrons. The molecule has 0 aromatic rings. The molecular weight excluding hydrogens is 288 g/mol. The molecule has 0 radical (unpaired) electrons. The Morgan fingerprint density at radius 1 is 0.905 bits per heavy atom. The molecule has 0 aliphatic carbocycles. The number of carbonyl (C=O) groups is 2. The van der Waals surface area contributed by atoms with Crippen LogP contribution >= 0.6 is 0 Å². The van der Waals surface area contributed by atoms with Crippen molar-refractivity contribution in [1.82, 2.24) is 0 Å². The van der Waals surface area contributed by atoms with Gasteiger partial charge in [-0.3, -0.25) is 9.59 Å². The number of carboxylic acids is 2. The van der Waals surface area contributed by atoms with E-state index >= 15 is 0 Å². The van der Waals surface area contributed by atoms with Crippen LogP contribution in [0.4, 0.5) is 0 Å². The molecule has 0 aliphatic rings. The van der Waals surface area contributed by atoms with Gasteiger partial charge >= 0.3 is 11.9 Å². The number of aliphatic hydroxyl groups is 4. The predicted octanol–water partition coefficient (Wildman–Crippen LogP) is -1.57. The first kappa shape index (κ1) is 22.0. The van der Waals surface area contributed by atoms with E-state index in [-0.39, 0.29) is 32.7 Å². The third-order valence-corrected chi connectivity index (χ3v) is 2.25. The molecule has 0 saturated heterocycles. The van der Waals surface area contributed by atoms with Gasteiger partial charge in [0.05, 0.1) is 26.4 Å². The van der Waals surface area contributed by atoms with Crippen LogP contribution in [0, 0.1) is 0 Å². The maximum atomic E-state index is 9.90. The van der Waals surface area contributed by atoms with Crippen LogP contribution in [0.3, 0.4) is 0 Å². The lowest BCUT2D eigenvalue weighted by Crippen LogP contribution is -2.35. The Labute approximate surface area is 122 Å². The summed E-state index contributed by atoms with van der Waals surface area (Å²) in [6, 6.07) is 0. The van der Waals surface area contributed by atoms with E-state index in [1.54, 1.807) is 0 Å². The lowest BCUT2D eigenvalue weighted by Gasteiger charge is -2.18. The third-order valence-electron chi connectivity index (χ3n) is 2.25. The highest BCUT2D eigenvalue weighted by Gasteiger charge is 2.17. The van der Waals surface area contributed by atoms with E-state index in [1.165, 1.54) is 0 Å². The molecule has 21 heavy (non-hydrogen) atoms. The Morgan fingerprint density at radius 3 is 1.67 bits per heavy atom. The maximum Gasteiger partial charge on any atom is 0.303 e. The summed E-state index contributed by atoms with van der Waals surface area (Å²) in [5.74, 6) is -1.74. The minimum absolute atomic E-state index is 0.0439. The lowest BCUT2D eigenvalue weighted by molar-refractivity contribution is -0.139. The van der Waals surface area contributed by atoms with Gasteiger partial charge in [-0.1, -0.05) is 0 Å². The quantitative estimate of drug-likeness (QED) is 0.247. The topological polar surface area (TPSA) is 165 Å². The van der Waals surface area contributed by atoms with Gasteiger partial charge in [-0.25, -0.2) is 0 Å². The number of aliphatic hydroxyl groups excluding tert-OH is 4. The fourth-order valence-electron chi connectivity index (χ4n) is 1.16. The summed E-state index contributed by atoms with van der Waals surface area (Å²) in [5.41, 5.74) is 0. The van der Waals surface area contributed by atoms with E-state index in [0.717, 1.165) is 0 Å². The van der Waals surface area contributed by atoms with Gasteiger partial charge in [0.25, 0.3) is 0 Å². The SMILES string of the molecule is O=C(O)CCCCC(=O)O.OCCOC(CO)C(O)CO. The summed E-state index contributed by atoms with van der Waals surface area (Å²) >= 11 is 0. The number of hydrogen-bond acceptors (Lipinski definition) is 7. The highest BCUT2D eigenvalue weighted by atomic mass is 16.5. The predicted molar refractivity (Wildman–Crippen MR) is 70.7 cm³/mol. The third kappa shape index (κ3) is 16.7. The van der Waals surface area contributed by atoms with E-state index < -0.39 is 30.8 Å². The molecule has 6 N–H and O–H groups in total. The standard InChI is InChI=1S/C6H14O5.C6H10O4/c7-1-2-11-6(4-9)5(10)3-8;7-5(8)3-1-2-4-6(9)10/h5-10H,1-4H2;1-4H2,(H,7,8)(H,9,10). The molecule has 0 heterocycles. The minimum atomic E-state index is -1.09. The average Bonchev–Trinajstić information content (AvgIpc) is 2.44. The normalized spacial score (nSPS) is 13.0. The van der Waals surface area contributed by atoms with Crippen LogP contribution in [0.1, 0.15) is 25.7 Å². The monoisotopic (exact) mass is 312 g/mol. The Hall–Kier alpha value is -1.26. The van der Waals surface area contributed by atoms with Crippen LogP contribution in [0.2, 0.25) is 0 Å². The average molecular weight is 312 g/mol. The maximum absolute atomic E-state index is 9.90. The van der Waals surface area contributed by atoms with Crippen LogP contribution in [-0.4, -0.2) is 81.2 Å². The lowest BCUT2D eigenvalue weighted by atomic mass is 10.2. The zero-order valence-corrected chi connectivity index (χ0v) is 11.7. The van der Waals surface area contributed by atoms with Crippen LogP contribution in [0.5, 0.6) is 0 Å². The molecule has 0 aromatic heterocycles. The van der Waals surface area contributed by atoms with E-state index in [0.29, 0.717) is 12.8 Å². The summed E-state index contributed by atoms with van der Waals surface area (Å²) in [7, 11) is 0. The van der Waals surface area contributed by atoms with E-state index in [2.05, 4.69) is 0 Å². The Morgan fingerprint density at radius 2 is 1.38 bits per heavy atom. The Balaban J connectivity index is 0. The number of hydrogen-bond donors (Lipinski definition) is 6. The van der Waals surface area contributed by atoms with Crippen molar-refractivity contribution in [3.05, 3.63) is 0 Å². The molecule has 9 nitrogen and oxygen atoms in total. The minimum Gasteiger partial charge on any atom is -0.481 e. The highest BCUT2D eigenvalue weighted by Crippen LogP contribution is 1.99. The van der Waals surface area contributed by atoms with Crippen molar-refractivity contribution in [2.45, 2.75) is 37.9 Å². The summed E-state index contributed by atoms with van der Waals surface area (Å²) in [4.78, 5) is 19.8. The van der Waals surface area contributed by atoms with Crippen molar-refractivity contribution < 1.29 is 45.0 Å². The molecule has 0 aliphatic heterocycles. The van der Waals surface area contributed by atoms with Gasteiger partial charge in [-0.2, -0.15) is 0 Å². The van der Waals surface area contributed by atoms with Gasteiger partial charge in [-0.15, -0.1) is 0 Å². The summed E-state index contributed by atoms with van der Waals surface area (Å²) in [6.45, 7) is -0.963. The zero-order chi connectivity index (χ0) is 16.7. The molecule has 9 heteroatoms. The first-order valence-corrected chi connectivity index (χ1v) is 6.44. The first-order valence-electron chi connectivity index (χ1n) is 6.44. The molecule has 0 spiro atoms. The van der Waals surface area contributed by atoms with E-state index in [4.69, 9.17) is 35.4 Å². The van der Waals surface area contributed by atoms with Crippen LogP contribution in [-0.2, 0) is 14.3 Å². The number of carboxylic acid groups (broad SMARTS) is 2. The summed E-state index contributed by atoms with van der Waals surface area (Å²) in [6.07, 6.45) is -0.886. The highest BCUT2D eigenvalue weighted by molar-refractivity contribution is 5.67. The van der Waals surface area contributed by atoms with Crippen molar-refractivity contribution in [3.8, 4) is 0 Å². The van der Waals surface area contributed by atoms with Gasteiger partial charge < -0.3 is 35.4 Å². The summed E-state index contributed by atoms with van der Waals surface area (Å²) < 4.78 is 4.78. The Kier molecular flexibility index (Phi) is 15.9. The van der Waals surface area contributed by atoms with Crippen molar-refractivity contribution in [2.75, 3.05) is 26.4 Å². The molecule has 0 amide bonds. The van der Waals surface area contributed by atoms with Crippen molar-refractivity contribution in [2.24, 2.45) is 0 Å². The van der Waals surface area contributed by atoms with Gasteiger partial charge in [0.15, 0.2) is 0 Å². The van der Waals surface area contributed by atoms with Crippen molar-refractivity contribution in [3.63, 3.8) is 0 Å². The second kappa shape index (κ2) is 15.1. The van der Waals surface area contributed by atoms with Gasteiger partial charge in [0.2, 0.25) is 0 Å². The molecule has 0 rings (SSSR count). The van der Waals surface area contributed by atoms with Crippen molar-refractivity contribution in [1.29, 1.82) is 0 Å². The molecule has 2 atom stereocenters. The van der Waals surface area contributed by atoms with Gasteiger partial charge in [0, 0.05) is 12.8 Å². The van der Waals surface area contributed by atoms with E-state index in [1.807, 2.05) is 0 Å². The van der Waals surface area contributed by atoms with Gasteiger partial charge in [0.1, 0.15) is 12.2 Å². The molecule has 0 fully saturated rings. The number of aliphatic carboxylic acids is 2. The van der Waals surface area contributed by atoms with Crippen LogP contribution < -0.4 is 0 Å². The van der Waals surface area contributed by atoms with Gasteiger partial charge in [-0.05, 0) is 12.8 Å². The molecular formula is C12H24O9. The number of rotatable bonds is 11. The van der Waals surface area contributed by atoms with E-state index in [9.17, 15) is 9.59 Å². The molecule has 0 bridgehead atoms. The first-order chi connectivity index (χ1) is 9.88. The van der Waals surface area contributed by atoms with Crippen molar-refractivity contribution >= 4 is 11.9 Å². The number of unbranched alkanes of at least 4 members (excludes halogenated alkanes) is 1. The second-order valence-electron chi connectivity index (χ2n) is 4.06. The molecule has 0 aromatic carbocycles. The largest absolute Gasteiger partial charge is 0.481 e. The van der Waals surface area contributed by atoms with Crippen LogP contribution in [0.25, 0.3) is 0 Å². The Bertz CT molecular complexity index is 253. The fraction of sp³-hybridized carbons (Fsp3) is 0.833. The smallest absolute Gasteiger partial charge is 0.303 e. The summed E-state index contributed by atoms with van der Waals surface area (Å²) in [5, 5.41) is 50.5. The molecule has 0 saturated carbocycles. The fourth-order valence-corrected chi connectivity index (χ4v) is 1.16. The second-order valence-corrected chi connectivity index (χ2v) is 4.06. The number of ether oxygens (including phenoxy) is 1. The van der Waals surface area contributed by atoms with Crippen LogP contribution in [0.15, 0.2) is 0 Å². The molecule has 2 unspecified atom stereocenters.